The highest BCUT2D eigenvalue weighted by atomic mass is 16.5. The molecule has 2 heteroatoms. The minimum atomic E-state index is 0.0381. The molecule has 0 amide bonds. The zero-order valence-electron chi connectivity index (χ0n) is 8.45. The minimum Gasteiger partial charge on any atom is -0.495 e. The Kier molecular flexibility index (Phi) is 3.55. The summed E-state index contributed by atoms with van der Waals surface area (Å²) in [6.45, 7) is 2.01. The smallest absolute Gasteiger partial charge is 0.134 e. The summed E-state index contributed by atoms with van der Waals surface area (Å²) in [6.07, 6.45) is 5.41. The third-order valence-electron chi connectivity index (χ3n) is 2.23. The van der Waals surface area contributed by atoms with Crippen molar-refractivity contribution in [3.63, 3.8) is 0 Å². The maximum atomic E-state index is 9.06. The number of rotatable bonds is 3. The molecule has 0 saturated heterocycles. The van der Waals surface area contributed by atoms with Crippen LogP contribution in [0.4, 0.5) is 0 Å². The van der Waals surface area contributed by atoms with E-state index in [4.69, 9.17) is 16.3 Å². The van der Waals surface area contributed by atoms with Gasteiger partial charge in [0.1, 0.15) is 5.75 Å². The quantitative estimate of drug-likeness (QED) is 0.736. The third-order valence-corrected chi connectivity index (χ3v) is 2.23. The second kappa shape index (κ2) is 4.69. The zero-order chi connectivity index (χ0) is 10.6. The monoisotopic (exact) mass is 190 g/mol. The third kappa shape index (κ3) is 1.89. The summed E-state index contributed by atoms with van der Waals surface area (Å²) in [5, 5.41) is 9.06. The molecule has 1 atom stereocenters. The number of hydrogen-bond acceptors (Lipinski definition) is 2. The van der Waals surface area contributed by atoms with E-state index in [1.165, 1.54) is 0 Å². The molecule has 14 heavy (non-hydrogen) atoms. The highest BCUT2D eigenvalue weighted by molar-refractivity contribution is 5.51. The molecule has 0 saturated carbocycles. The highest BCUT2D eigenvalue weighted by Gasteiger charge is 2.11. The number of methoxy groups -OCH3 is 1. The average molecular weight is 190 g/mol. The molecule has 0 aromatic heterocycles. The van der Waals surface area contributed by atoms with Crippen LogP contribution in [0.15, 0.2) is 18.2 Å². The van der Waals surface area contributed by atoms with E-state index >= 15 is 0 Å². The van der Waals surface area contributed by atoms with Crippen molar-refractivity contribution in [2.45, 2.75) is 12.8 Å². The summed E-state index contributed by atoms with van der Waals surface area (Å²) in [4.78, 5) is 0. The molecule has 0 radical (unpaired) electrons. The molecular formula is C12H14O2. The van der Waals surface area contributed by atoms with E-state index in [0.29, 0.717) is 5.75 Å². The van der Waals surface area contributed by atoms with Gasteiger partial charge in [-0.3, -0.25) is 0 Å². The number of hydrogen-bond donors (Lipinski definition) is 1. The van der Waals surface area contributed by atoms with Gasteiger partial charge >= 0.3 is 0 Å². The fourth-order valence-electron chi connectivity index (χ4n) is 1.38. The molecule has 0 aliphatic rings. The van der Waals surface area contributed by atoms with Crippen molar-refractivity contribution in [3.8, 4) is 18.1 Å². The lowest BCUT2D eigenvalue weighted by atomic mass is 9.96. The first-order valence-electron chi connectivity index (χ1n) is 4.49. The zero-order valence-corrected chi connectivity index (χ0v) is 8.45. The van der Waals surface area contributed by atoms with Crippen LogP contribution in [0.1, 0.15) is 24.0 Å². The first kappa shape index (κ1) is 10.6. The maximum absolute atomic E-state index is 9.06. The molecule has 0 bridgehead atoms. The lowest BCUT2D eigenvalue weighted by Gasteiger charge is -2.13. The molecule has 2 nitrogen and oxygen atoms in total. The van der Waals surface area contributed by atoms with Crippen LogP contribution in [0.25, 0.3) is 0 Å². The summed E-state index contributed by atoms with van der Waals surface area (Å²) in [5.74, 6) is 3.32. The number of benzene rings is 1. The largest absolute Gasteiger partial charge is 0.495 e. The molecule has 1 aromatic carbocycles. The van der Waals surface area contributed by atoms with Crippen molar-refractivity contribution in [3.05, 3.63) is 29.3 Å². The number of aliphatic hydroxyl groups is 1. The highest BCUT2D eigenvalue weighted by Crippen LogP contribution is 2.26. The fraction of sp³-hybridized carbons (Fsp3) is 0.333. The number of ether oxygens (including phenoxy) is 1. The van der Waals surface area contributed by atoms with Crippen molar-refractivity contribution in [1.82, 2.24) is 0 Å². The van der Waals surface area contributed by atoms with Crippen molar-refractivity contribution < 1.29 is 9.84 Å². The number of aliphatic hydroxyl groups excluding tert-OH is 1. The van der Waals surface area contributed by atoms with Crippen LogP contribution in [-0.2, 0) is 0 Å². The van der Waals surface area contributed by atoms with Crippen molar-refractivity contribution in [2.75, 3.05) is 13.7 Å². The van der Waals surface area contributed by atoms with E-state index in [9.17, 15) is 0 Å². The van der Waals surface area contributed by atoms with Gasteiger partial charge in [0, 0.05) is 12.5 Å². The van der Waals surface area contributed by atoms with Gasteiger partial charge in [-0.05, 0) is 11.6 Å². The van der Waals surface area contributed by atoms with E-state index in [1.807, 2.05) is 25.1 Å². The molecule has 0 aliphatic heterocycles. The Morgan fingerprint density at radius 1 is 1.57 bits per heavy atom. The van der Waals surface area contributed by atoms with Crippen LogP contribution in [0, 0.1) is 12.3 Å². The van der Waals surface area contributed by atoms with Crippen LogP contribution in [0.3, 0.4) is 0 Å². The molecule has 1 unspecified atom stereocenters. The van der Waals surface area contributed by atoms with Gasteiger partial charge in [0.15, 0.2) is 0 Å². The van der Waals surface area contributed by atoms with Crippen LogP contribution < -0.4 is 4.74 Å². The molecule has 1 N–H and O–H groups in total. The van der Waals surface area contributed by atoms with Gasteiger partial charge < -0.3 is 9.84 Å². The SMILES string of the molecule is C#Cc1c(OC)cccc1C(C)CO. The Hall–Kier alpha value is -1.46. The summed E-state index contributed by atoms with van der Waals surface area (Å²) in [7, 11) is 1.59. The average Bonchev–Trinajstić information content (AvgIpc) is 2.26. The lowest BCUT2D eigenvalue weighted by Crippen LogP contribution is -2.03. The van der Waals surface area contributed by atoms with Crippen LogP contribution in [0.2, 0.25) is 0 Å². The van der Waals surface area contributed by atoms with E-state index in [0.717, 1.165) is 11.1 Å². The summed E-state index contributed by atoms with van der Waals surface area (Å²) in [6, 6.07) is 5.61. The van der Waals surface area contributed by atoms with E-state index in [2.05, 4.69) is 5.92 Å². The second-order valence-corrected chi connectivity index (χ2v) is 3.15. The second-order valence-electron chi connectivity index (χ2n) is 3.15. The predicted molar refractivity (Wildman–Crippen MR) is 56.4 cm³/mol. The summed E-state index contributed by atoms with van der Waals surface area (Å²) < 4.78 is 5.15. The maximum Gasteiger partial charge on any atom is 0.134 e. The molecule has 0 spiro atoms. The van der Waals surface area contributed by atoms with Gasteiger partial charge in [-0.1, -0.05) is 25.0 Å². The van der Waals surface area contributed by atoms with Gasteiger partial charge in [0.25, 0.3) is 0 Å². The van der Waals surface area contributed by atoms with Crippen LogP contribution in [0.5, 0.6) is 5.75 Å². The number of terminal acetylenes is 1. The Bertz CT molecular complexity index is 350. The van der Waals surface area contributed by atoms with Gasteiger partial charge in [-0.25, -0.2) is 0 Å². The lowest BCUT2D eigenvalue weighted by molar-refractivity contribution is 0.272. The Labute approximate surface area is 84.5 Å². The van der Waals surface area contributed by atoms with Crippen molar-refractivity contribution in [2.24, 2.45) is 0 Å². The van der Waals surface area contributed by atoms with Crippen molar-refractivity contribution in [1.29, 1.82) is 0 Å². The fourth-order valence-corrected chi connectivity index (χ4v) is 1.38. The summed E-state index contributed by atoms with van der Waals surface area (Å²) in [5.41, 5.74) is 1.69. The van der Waals surface area contributed by atoms with Gasteiger partial charge in [0.05, 0.1) is 12.7 Å². The van der Waals surface area contributed by atoms with E-state index in [-0.39, 0.29) is 12.5 Å². The standard InChI is InChI=1S/C12H14O2/c1-4-10-11(9(2)8-13)6-5-7-12(10)14-3/h1,5-7,9,13H,8H2,2-3H3. The topological polar surface area (TPSA) is 29.5 Å². The van der Waals surface area contributed by atoms with Gasteiger partial charge in [-0.2, -0.15) is 0 Å². The van der Waals surface area contributed by atoms with Crippen LogP contribution in [-0.4, -0.2) is 18.8 Å². The van der Waals surface area contributed by atoms with E-state index in [1.54, 1.807) is 7.11 Å². The predicted octanol–water partition coefficient (Wildman–Crippen LogP) is 1.77. The molecule has 0 heterocycles. The molecule has 1 aromatic rings. The Morgan fingerprint density at radius 2 is 2.29 bits per heavy atom. The minimum absolute atomic E-state index is 0.0381. The van der Waals surface area contributed by atoms with E-state index < -0.39 is 0 Å². The Balaban J connectivity index is 3.23. The Morgan fingerprint density at radius 3 is 2.79 bits per heavy atom. The molecule has 1 rings (SSSR count). The van der Waals surface area contributed by atoms with Crippen LogP contribution >= 0.6 is 0 Å². The van der Waals surface area contributed by atoms with Crippen molar-refractivity contribution >= 4 is 0 Å². The molecular weight excluding hydrogens is 176 g/mol. The first-order chi connectivity index (χ1) is 6.74. The van der Waals surface area contributed by atoms with Gasteiger partial charge in [0.2, 0.25) is 0 Å². The summed E-state index contributed by atoms with van der Waals surface area (Å²) >= 11 is 0. The van der Waals surface area contributed by atoms with Gasteiger partial charge in [-0.15, -0.1) is 6.42 Å². The molecule has 74 valence electrons. The molecule has 0 aliphatic carbocycles. The first-order valence-corrected chi connectivity index (χ1v) is 4.49. The normalized spacial score (nSPS) is 11.9. The molecule has 0 fully saturated rings.